The highest BCUT2D eigenvalue weighted by Crippen LogP contribution is 2.34. The van der Waals surface area contributed by atoms with Crippen LogP contribution in [0.15, 0.2) is 51.6 Å². The van der Waals surface area contributed by atoms with Crippen LogP contribution in [-0.2, 0) is 4.74 Å². The van der Waals surface area contributed by atoms with Gasteiger partial charge in [-0.25, -0.2) is 0 Å². The molecule has 31 heavy (non-hydrogen) atoms. The van der Waals surface area contributed by atoms with E-state index in [2.05, 4.69) is 15.4 Å². The van der Waals surface area contributed by atoms with E-state index in [1.165, 1.54) is 0 Å². The van der Waals surface area contributed by atoms with Gasteiger partial charge in [-0.2, -0.15) is 0 Å². The topological polar surface area (TPSA) is 99.2 Å². The molecule has 1 fully saturated rings. The normalized spacial score (nSPS) is 17.3. The van der Waals surface area contributed by atoms with Crippen molar-refractivity contribution < 1.29 is 27.9 Å². The number of hydrogen-bond acceptors (Lipinski definition) is 8. The summed E-state index contributed by atoms with van der Waals surface area (Å²) in [6, 6.07) is 10.8. The van der Waals surface area contributed by atoms with Gasteiger partial charge in [0, 0.05) is 31.3 Å². The molecule has 2 aliphatic heterocycles. The van der Waals surface area contributed by atoms with Crippen LogP contribution in [0.5, 0.6) is 11.5 Å². The Hall–Kier alpha value is -3.30. The highest BCUT2D eigenvalue weighted by Gasteiger charge is 2.26. The Morgan fingerprint density at radius 2 is 1.90 bits per heavy atom. The fraction of sp³-hybridized carbons (Fsp3) is 0.364. The van der Waals surface area contributed by atoms with Gasteiger partial charge in [0.25, 0.3) is 5.91 Å². The van der Waals surface area contributed by atoms with Crippen molar-refractivity contribution in [2.45, 2.75) is 6.04 Å². The van der Waals surface area contributed by atoms with E-state index < -0.39 is 0 Å². The molecule has 2 aliphatic rings. The van der Waals surface area contributed by atoms with E-state index in [1.54, 1.807) is 12.3 Å². The molecule has 0 bridgehead atoms. The predicted molar refractivity (Wildman–Crippen MR) is 109 cm³/mol. The van der Waals surface area contributed by atoms with Crippen LogP contribution in [-0.4, -0.2) is 62.0 Å². The van der Waals surface area contributed by atoms with Crippen molar-refractivity contribution in [2.75, 3.05) is 46.1 Å². The van der Waals surface area contributed by atoms with Crippen LogP contribution in [0.1, 0.15) is 22.3 Å². The maximum absolute atomic E-state index is 12.7. The molecule has 2 aromatic heterocycles. The van der Waals surface area contributed by atoms with E-state index >= 15 is 0 Å². The molecule has 9 heteroatoms. The van der Waals surface area contributed by atoms with Crippen molar-refractivity contribution in [3.63, 3.8) is 0 Å². The molecule has 5 rings (SSSR count). The number of fused-ring (bicyclic) bond motifs is 1. The predicted octanol–water partition coefficient (Wildman–Crippen LogP) is 2.51. The summed E-state index contributed by atoms with van der Waals surface area (Å²) in [5, 5.41) is 6.89. The lowest BCUT2D eigenvalue weighted by atomic mass is 10.1. The molecule has 3 aromatic rings. The lowest BCUT2D eigenvalue weighted by Crippen LogP contribution is -2.43. The molecule has 0 radical (unpaired) electrons. The fourth-order valence-corrected chi connectivity index (χ4v) is 3.77. The summed E-state index contributed by atoms with van der Waals surface area (Å²) in [5.74, 6) is 2.33. The SMILES string of the molecule is O=C(NC[C@@H](c1ccco1)N1CCOCC1)c1cc(-c2ccc3c(c2)OCCO3)on1. The second kappa shape index (κ2) is 8.83. The van der Waals surface area contributed by atoms with Gasteiger partial charge >= 0.3 is 0 Å². The molecule has 0 spiro atoms. The van der Waals surface area contributed by atoms with Crippen molar-refractivity contribution in [2.24, 2.45) is 0 Å². The smallest absolute Gasteiger partial charge is 0.273 e. The minimum absolute atomic E-state index is 0.0768. The number of nitrogens with one attached hydrogen (secondary N) is 1. The first-order valence-electron chi connectivity index (χ1n) is 10.3. The quantitative estimate of drug-likeness (QED) is 0.643. The highest BCUT2D eigenvalue weighted by molar-refractivity contribution is 5.93. The van der Waals surface area contributed by atoms with Gasteiger partial charge in [-0.3, -0.25) is 9.69 Å². The van der Waals surface area contributed by atoms with Crippen LogP contribution in [0.3, 0.4) is 0 Å². The van der Waals surface area contributed by atoms with Crippen molar-refractivity contribution in [3.05, 3.63) is 54.1 Å². The van der Waals surface area contributed by atoms with Gasteiger partial charge < -0.3 is 28.5 Å². The minimum atomic E-state index is -0.308. The molecule has 9 nitrogen and oxygen atoms in total. The largest absolute Gasteiger partial charge is 0.486 e. The van der Waals surface area contributed by atoms with E-state index in [1.807, 2.05) is 30.3 Å². The highest BCUT2D eigenvalue weighted by atomic mass is 16.6. The van der Waals surface area contributed by atoms with Crippen molar-refractivity contribution in [1.82, 2.24) is 15.4 Å². The van der Waals surface area contributed by atoms with Gasteiger partial charge in [0.15, 0.2) is 23.0 Å². The lowest BCUT2D eigenvalue weighted by molar-refractivity contribution is 0.0118. The first-order valence-corrected chi connectivity index (χ1v) is 10.3. The molecular formula is C22H23N3O6. The third kappa shape index (κ3) is 4.28. The number of hydrogen-bond donors (Lipinski definition) is 1. The first-order chi connectivity index (χ1) is 15.3. The monoisotopic (exact) mass is 425 g/mol. The van der Waals surface area contributed by atoms with Gasteiger partial charge in [-0.15, -0.1) is 0 Å². The molecule has 1 saturated heterocycles. The number of amides is 1. The lowest BCUT2D eigenvalue weighted by Gasteiger charge is -2.33. The molecule has 1 amide bonds. The van der Waals surface area contributed by atoms with Gasteiger partial charge in [0.1, 0.15) is 19.0 Å². The van der Waals surface area contributed by atoms with E-state index in [0.29, 0.717) is 50.2 Å². The van der Waals surface area contributed by atoms with Gasteiger partial charge in [-0.1, -0.05) is 5.16 Å². The van der Waals surface area contributed by atoms with Crippen LogP contribution in [0.2, 0.25) is 0 Å². The van der Waals surface area contributed by atoms with Gasteiger partial charge in [0.2, 0.25) is 0 Å². The third-order valence-corrected chi connectivity index (χ3v) is 5.38. The number of benzene rings is 1. The Morgan fingerprint density at radius 1 is 1.06 bits per heavy atom. The molecule has 1 atom stereocenters. The molecule has 0 aliphatic carbocycles. The number of furan rings is 1. The zero-order valence-corrected chi connectivity index (χ0v) is 16.9. The summed E-state index contributed by atoms with van der Waals surface area (Å²) in [6.45, 7) is 4.29. The number of carbonyl (C=O) groups is 1. The summed E-state index contributed by atoms with van der Waals surface area (Å²) in [4.78, 5) is 15.0. The van der Waals surface area contributed by atoms with E-state index in [-0.39, 0.29) is 17.6 Å². The van der Waals surface area contributed by atoms with E-state index in [0.717, 1.165) is 24.4 Å². The van der Waals surface area contributed by atoms with Crippen molar-refractivity contribution in [1.29, 1.82) is 0 Å². The number of rotatable bonds is 6. The van der Waals surface area contributed by atoms with E-state index in [4.69, 9.17) is 23.2 Å². The molecule has 4 heterocycles. The van der Waals surface area contributed by atoms with Crippen molar-refractivity contribution in [3.8, 4) is 22.8 Å². The van der Waals surface area contributed by atoms with Crippen LogP contribution in [0.25, 0.3) is 11.3 Å². The van der Waals surface area contributed by atoms with Crippen LogP contribution in [0, 0.1) is 0 Å². The molecular weight excluding hydrogens is 402 g/mol. The van der Waals surface area contributed by atoms with Crippen LogP contribution in [0.4, 0.5) is 0 Å². The molecule has 0 saturated carbocycles. The Balaban J connectivity index is 1.27. The first kappa shape index (κ1) is 19.7. The maximum atomic E-state index is 12.7. The minimum Gasteiger partial charge on any atom is -0.486 e. The van der Waals surface area contributed by atoms with E-state index in [9.17, 15) is 4.79 Å². The Labute approximate surface area is 178 Å². The van der Waals surface area contributed by atoms with Crippen molar-refractivity contribution >= 4 is 5.91 Å². The Bertz CT molecular complexity index is 1030. The second-order valence-electron chi connectivity index (χ2n) is 7.32. The zero-order chi connectivity index (χ0) is 21.0. The Morgan fingerprint density at radius 3 is 2.71 bits per heavy atom. The number of ether oxygens (including phenoxy) is 3. The standard InChI is InChI=1S/C22H23N3O6/c26-22(23-14-17(18-2-1-7-28-18)25-5-8-27-9-6-25)16-13-20(31-24-16)15-3-4-19-21(12-15)30-11-10-29-19/h1-4,7,12-13,17H,5-6,8-11,14H2,(H,23,26)/t17-/m0/s1. The number of nitrogens with zero attached hydrogens (tertiary/aromatic N) is 2. The third-order valence-electron chi connectivity index (χ3n) is 5.38. The van der Waals surface area contributed by atoms with Crippen LogP contribution < -0.4 is 14.8 Å². The fourth-order valence-electron chi connectivity index (χ4n) is 3.77. The average Bonchev–Trinajstić information content (AvgIpc) is 3.52. The summed E-state index contributed by atoms with van der Waals surface area (Å²) >= 11 is 0. The van der Waals surface area contributed by atoms with Gasteiger partial charge in [-0.05, 0) is 30.3 Å². The number of morpholine rings is 1. The summed E-state index contributed by atoms with van der Waals surface area (Å²) < 4.78 is 27.6. The number of carbonyl (C=O) groups excluding carboxylic acids is 1. The number of aromatic nitrogens is 1. The molecule has 1 aromatic carbocycles. The Kier molecular flexibility index (Phi) is 5.59. The molecule has 1 N–H and O–H groups in total. The second-order valence-corrected chi connectivity index (χ2v) is 7.32. The zero-order valence-electron chi connectivity index (χ0n) is 16.9. The molecule has 0 unspecified atom stereocenters. The molecule has 162 valence electrons. The van der Waals surface area contributed by atoms with Gasteiger partial charge in [0.05, 0.1) is 25.5 Å². The maximum Gasteiger partial charge on any atom is 0.273 e. The average molecular weight is 425 g/mol. The summed E-state index contributed by atoms with van der Waals surface area (Å²) in [5.41, 5.74) is 0.975. The summed E-state index contributed by atoms with van der Waals surface area (Å²) in [7, 11) is 0. The van der Waals surface area contributed by atoms with Crippen LogP contribution >= 0.6 is 0 Å². The summed E-state index contributed by atoms with van der Waals surface area (Å²) in [6.07, 6.45) is 1.64.